The Balaban J connectivity index is 2.53. The lowest BCUT2D eigenvalue weighted by Gasteiger charge is -2.09. The second-order valence-electron chi connectivity index (χ2n) is 4.09. The number of hydrogen-bond acceptors (Lipinski definition) is 3. The summed E-state index contributed by atoms with van der Waals surface area (Å²) in [6.45, 7) is 3.93. The molecule has 0 radical (unpaired) electrons. The van der Waals surface area contributed by atoms with Gasteiger partial charge in [-0.15, -0.1) is 0 Å². The minimum Gasteiger partial charge on any atom is -0.493 e. The lowest BCUT2D eigenvalue weighted by Crippen LogP contribution is -2.08. The largest absolute Gasteiger partial charge is 0.493 e. The molecule has 18 heavy (non-hydrogen) atoms. The molecule has 3 nitrogen and oxygen atoms in total. The number of carbonyl (C=O) groups excluding carboxylic acids is 1. The van der Waals surface area contributed by atoms with Crippen LogP contribution in [0.3, 0.4) is 0 Å². The molecule has 1 aromatic rings. The van der Waals surface area contributed by atoms with E-state index in [1.54, 1.807) is 13.2 Å². The molecule has 0 amide bonds. The van der Waals surface area contributed by atoms with E-state index in [-0.39, 0.29) is 5.97 Å². The van der Waals surface area contributed by atoms with E-state index in [2.05, 4.69) is 0 Å². The normalized spacial score (nSPS) is 10.6. The highest BCUT2D eigenvalue weighted by molar-refractivity contribution is 5.73. The minimum absolute atomic E-state index is 0.221. The fourth-order valence-corrected chi connectivity index (χ4v) is 1.56. The molecule has 0 fully saturated rings. The number of allylic oxidation sites excluding steroid dienone is 2. The van der Waals surface area contributed by atoms with Gasteiger partial charge >= 0.3 is 5.97 Å². The van der Waals surface area contributed by atoms with Gasteiger partial charge in [-0.1, -0.05) is 18.2 Å². The summed E-state index contributed by atoms with van der Waals surface area (Å²) in [6.07, 6.45) is 6.14. The van der Waals surface area contributed by atoms with Gasteiger partial charge in [-0.25, -0.2) is 0 Å². The molecular formula is C15H20O3. The van der Waals surface area contributed by atoms with Gasteiger partial charge in [0, 0.05) is 6.42 Å². The molecule has 0 aromatic heterocycles. The van der Waals surface area contributed by atoms with Gasteiger partial charge in [0.05, 0.1) is 7.11 Å². The summed E-state index contributed by atoms with van der Waals surface area (Å²) < 4.78 is 10.5. The third kappa shape index (κ3) is 4.62. The van der Waals surface area contributed by atoms with Gasteiger partial charge in [0.2, 0.25) is 0 Å². The number of benzene rings is 1. The molecule has 0 aliphatic rings. The third-order valence-electron chi connectivity index (χ3n) is 2.53. The minimum atomic E-state index is -0.221. The number of carbonyl (C=O) groups is 1. The third-order valence-corrected chi connectivity index (χ3v) is 2.53. The first kappa shape index (κ1) is 14.3. The van der Waals surface area contributed by atoms with Crippen LogP contribution in [-0.4, -0.2) is 13.1 Å². The zero-order chi connectivity index (χ0) is 13.4. The fraction of sp³-hybridized carbons (Fsp3) is 0.400. The number of unbranched alkanes of at least 4 members (excludes halogenated alkanes) is 1. The number of aryl methyl sites for hydroxylation is 1. The van der Waals surface area contributed by atoms with Crippen LogP contribution < -0.4 is 9.47 Å². The standard InChI is InChI=1S/C15H20O3/c1-4-5-6-7-8-15(16)18-13-10-9-12(2)11-14(13)17-3/h4-5,9-11H,6-8H2,1-3H3/b5-4-. The zero-order valence-electron chi connectivity index (χ0n) is 11.2. The van der Waals surface area contributed by atoms with Crippen molar-refractivity contribution in [2.45, 2.75) is 33.1 Å². The summed E-state index contributed by atoms with van der Waals surface area (Å²) in [7, 11) is 1.57. The fourth-order valence-electron chi connectivity index (χ4n) is 1.56. The van der Waals surface area contributed by atoms with Crippen molar-refractivity contribution >= 4 is 5.97 Å². The van der Waals surface area contributed by atoms with Crippen LogP contribution in [0.15, 0.2) is 30.4 Å². The van der Waals surface area contributed by atoms with E-state index < -0.39 is 0 Å². The first-order valence-electron chi connectivity index (χ1n) is 6.14. The van der Waals surface area contributed by atoms with E-state index in [1.165, 1.54) is 0 Å². The molecule has 3 heteroatoms. The molecular weight excluding hydrogens is 228 g/mol. The van der Waals surface area contributed by atoms with E-state index in [1.807, 2.05) is 38.1 Å². The van der Waals surface area contributed by atoms with Crippen molar-refractivity contribution in [3.63, 3.8) is 0 Å². The summed E-state index contributed by atoms with van der Waals surface area (Å²) >= 11 is 0. The number of esters is 1. The average Bonchev–Trinajstić information content (AvgIpc) is 2.37. The van der Waals surface area contributed by atoms with Crippen molar-refractivity contribution in [1.82, 2.24) is 0 Å². The number of methoxy groups -OCH3 is 1. The highest BCUT2D eigenvalue weighted by Gasteiger charge is 2.09. The summed E-state index contributed by atoms with van der Waals surface area (Å²) in [5.74, 6) is 0.859. The topological polar surface area (TPSA) is 35.5 Å². The Morgan fingerprint density at radius 3 is 2.78 bits per heavy atom. The monoisotopic (exact) mass is 248 g/mol. The van der Waals surface area contributed by atoms with Crippen molar-refractivity contribution in [3.05, 3.63) is 35.9 Å². The summed E-state index contributed by atoms with van der Waals surface area (Å²) in [4.78, 5) is 11.6. The molecule has 0 heterocycles. The molecule has 0 saturated carbocycles. The molecule has 0 unspecified atom stereocenters. The molecule has 98 valence electrons. The first-order valence-corrected chi connectivity index (χ1v) is 6.14. The Hall–Kier alpha value is -1.77. The molecule has 1 aromatic carbocycles. The lowest BCUT2D eigenvalue weighted by molar-refractivity contribution is -0.134. The second kappa shape index (κ2) is 7.54. The van der Waals surface area contributed by atoms with Crippen molar-refractivity contribution in [1.29, 1.82) is 0 Å². The maximum absolute atomic E-state index is 11.6. The van der Waals surface area contributed by atoms with Crippen LogP contribution in [0.4, 0.5) is 0 Å². The van der Waals surface area contributed by atoms with E-state index in [4.69, 9.17) is 9.47 Å². The van der Waals surface area contributed by atoms with E-state index in [0.29, 0.717) is 17.9 Å². The molecule has 0 N–H and O–H groups in total. The van der Waals surface area contributed by atoms with Crippen molar-refractivity contribution in [2.24, 2.45) is 0 Å². The maximum atomic E-state index is 11.6. The predicted molar refractivity (Wildman–Crippen MR) is 72.0 cm³/mol. The van der Waals surface area contributed by atoms with Gasteiger partial charge < -0.3 is 9.47 Å². The van der Waals surface area contributed by atoms with Crippen LogP contribution in [0.25, 0.3) is 0 Å². The lowest BCUT2D eigenvalue weighted by atomic mass is 10.2. The van der Waals surface area contributed by atoms with Crippen LogP contribution in [-0.2, 0) is 4.79 Å². The molecule has 0 bridgehead atoms. The zero-order valence-corrected chi connectivity index (χ0v) is 11.2. The van der Waals surface area contributed by atoms with Crippen LogP contribution in [0, 0.1) is 6.92 Å². The van der Waals surface area contributed by atoms with Gasteiger partial charge in [0.25, 0.3) is 0 Å². The Bertz CT molecular complexity index is 422. The number of ether oxygens (including phenoxy) is 2. The Labute approximate surface area is 108 Å². The van der Waals surface area contributed by atoms with Gasteiger partial charge in [0.15, 0.2) is 11.5 Å². The highest BCUT2D eigenvalue weighted by atomic mass is 16.6. The number of hydrogen-bond donors (Lipinski definition) is 0. The summed E-state index contributed by atoms with van der Waals surface area (Å²) in [5, 5.41) is 0. The van der Waals surface area contributed by atoms with Crippen LogP contribution in [0.1, 0.15) is 31.7 Å². The van der Waals surface area contributed by atoms with Gasteiger partial charge in [0.1, 0.15) is 0 Å². The molecule has 1 rings (SSSR count). The molecule has 0 saturated heterocycles. The van der Waals surface area contributed by atoms with Gasteiger partial charge in [-0.2, -0.15) is 0 Å². The predicted octanol–water partition coefficient (Wildman–Crippen LogP) is 3.66. The highest BCUT2D eigenvalue weighted by Crippen LogP contribution is 2.28. The average molecular weight is 248 g/mol. The Morgan fingerprint density at radius 2 is 2.11 bits per heavy atom. The van der Waals surface area contributed by atoms with Gasteiger partial charge in [-0.05, 0) is 44.4 Å². The summed E-state index contributed by atoms with van der Waals surface area (Å²) in [6, 6.07) is 5.51. The molecule has 0 spiro atoms. The molecule has 0 aliphatic carbocycles. The second-order valence-corrected chi connectivity index (χ2v) is 4.09. The van der Waals surface area contributed by atoms with Crippen molar-refractivity contribution < 1.29 is 14.3 Å². The smallest absolute Gasteiger partial charge is 0.311 e. The first-order chi connectivity index (χ1) is 8.67. The molecule has 0 atom stereocenters. The van der Waals surface area contributed by atoms with E-state index >= 15 is 0 Å². The maximum Gasteiger partial charge on any atom is 0.311 e. The number of rotatable bonds is 6. The van der Waals surface area contributed by atoms with E-state index in [9.17, 15) is 4.79 Å². The SMILES string of the molecule is C/C=C\CCCC(=O)Oc1ccc(C)cc1OC. The molecule has 0 aliphatic heterocycles. The van der Waals surface area contributed by atoms with Crippen LogP contribution in [0.2, 0.25) is 0 Å². The van der Waals surface area contributed by atoms with E-state index in [0.717, 1.165) is 18.4 Å². The van der Waals surface area contributed by atoms with Crippen LogP contribution >= 0.6 is 0 Å². The Morgan fingerprint density at radius 1 is 1.33 bits per heavy atom. The van der Waals surface area contributed by atoms with Crippen LogP contribution in [0.5, 0.6) is 11.5 Å². The van der Waals surface area contributed by atoms with Gasteiger partial charge in [-0.3, -0.25) is 4.79 Å². The quantitative estimate of drug-likeness (QED) is 0.333. The Kier molecular flexibility index (Phi) is 5.98. The van der Waals surface area contributed by atoms with Crippen molar-refractivity contribution in [2.75, 3.05) is 7.11 Å². The van der Waals surface area contributed by atoms with Crippen molar-refractivity contribution in [3.8, 4) is 11.5 Å². The summed E-state index contributed by atoms with van der Waals surface area (Å²) in [5.41, 5.74) is 1.07.